The number of rotatable bonds is 8. The molecule has 0 amide bonds. The van der Waals surface area contributed by atoms with Crippen molar-refractivity contribution in [3.05, 3.63) is 54.8 Å². The van der Waals surface area contributed by atoms with Gasteiger partial charge in [0, 0.05) is 18.0 Å². The molecule has 0 unspecified atom stereocenters. The van der Waals surface area contributed by atoms with Gasteiger partial charge in [0.1, 0.15) is 15.5 Å². The second kappa shape index (κ2) is 9.47. The second-order valence-electron chi connectivity index (χ2n) is 7.81. The number of hydrogen-bond acceptors (Lipinski definition) is 7. The van der Waals surface area contributed by atoms with Crippen LogP contribution >= 0.6 is 11.3 Å². The minimum absolute atomic E-state index is 0.152. The number of aromatic amines is 1. The van der Waals surface area contributed by atoms with Gasteiger partial charge >= 0.3 is 5.97 Å². The van der Waals surface area contributed by atoms with Gasteiger partial charge in [-0.1, -0.05) is 20.8 Å². The molecule has 0 atom stereocenters. The van der Waals surface area contributed by atoms with Gasteiger partial charge < -0.3 is 14.5 Å². The van der Waals surface area contributed by atoms with Crippen LogP contribution in [0.25, 0.3) is 10.2 Å². The van der Waals surface area contributed by atoms with Gasteiger partial charge in [-0.3, -0.25) is 14.2 Å². The zero-order valence-electron chi connectivity index (χ0n) is 18.4. The number of fused-ring (bicyclic) bond motifs is 1. The number of carbonyl (C=O) groups excluding carboxylic acids is 1. The van der Waals surface area contributed by atoms with E-state index in [0.29, 0.717) is 45.4 Å². The number of ether oxygens (including phenoxy) is 2. The van der Waals surface area contributed by atoms with E-state index in [9.17, 15) is 14.4 Å². The van der Waals surface area contributed by atoms with Crippen molar-refractivity contribution in [3.63, 3.8) is 0 Å². The lowest BCUT2D eigenvalue weighted by Gasteiger charge is -2.10. The highest BCUT2D eigenvalue weighted by molar-refractivity contribution is 7.20. The van der Waals surface area contributed by atoms with Gasteiger partial charge in [0.05, 0.1) is 25.1 Å². The van der Waals surface area contributed by atoms with Crippen LogP contribution in [0.15, 0.2) is 21.9 Å². The fraction of sp³-hybridized carbons (Fsp3) is 0.455. The number of nitrogens with one attached hydrogen (secondary N) is 1. The lowest BCUT2D eigenvalue weighted by Crippen LogP contribution is -2.25. The summed E-state index contributed by atoms with van der Waals surface area (Å²) in [6, 6.07) is 1.43. The number of aryl methyl sites for hydroxylation is 2. The molecule has 0 radical (unpaired) electrons. The molecule has 1 N–H and O–H groups in total. The van der Waals surface area contributed by atoms with Crippen molar-refractivity contribution in [2.24, 2.45) is 5.92 Å². The van der Waals surface area contributed by atoms with Crippen LogP contribution in [-0.4, -0.2) is 33.7 Å². The molecule has 31 heavy (non-hydrogen) atoms. The Hall–Kier alpha value is -2.94. The molecule has 166 valence electrons. The first-order chi connectivity index (χ1) is 14.7. The average molecular weight is 446 g/mol. The number of nitrogens with zero attached hydrogens (tertiary/aromatic N) is 2. The Bertz CT molecular complexity index is 1220. The molecular weight excluding hydrogens is 418 g/mol. The van der Waals surface area contributed by atoms with Gasteiger partial charge in [0.2, 0.25) is 5.43 Å². The van der Waals surface area contributed by atoms with Crippen LogP contribution in [0.1, 0.15) is 53.9 Å². The number of thiophene rings is 1. The van der Waals surface area contributed by atoms with Crippen molar-refractivity contribution >= 4 is 27.5 Å². The van der Waals surface area contributed by atoms with Gasteiger partial charge in [0.25, 0.3) is 5.56 Å². The summed E-state index contributed by atoms with van der Waals surface area (Å²) >= 11 is 1.17. The molecule has 0 saturated carbocycles. The molecule has 3 aromatic rings. The van der Waals surface area contributed by atoms with Crippen LogP contribution in [0.5, 0.6) is 5.75 Å². The Kier molecular flexibility index (Phi) is 6.94. The third-order valence-electron chi connectivity index (χ3n) is 4.70. The molecule has 0 aliphatic rings. The maximum atomic E-state index is 13.2. The summed E-state index contributed by atoms with van der Waals surface area (Å²) in [6.07, 6.45) is 2.31. The Morgan fingerprint density at radius 2 is 2.03 bits per heavy atom. The Morgan fingerprint density at radius 1 is 1.29 bits per heavy atom. The summed E-state index contributed by atoms with van der Waals surface area (Å²) in [7, 11) is 0. The maximum absolute atomic E-state index is 13.2. The highest BCUT2D eigenvalue weighted by atomic mass is 32.1. The second-order valence-corrected chi connectivity index (χ2v) is 8.81. The molecule has 0 saturated heterocycles. The SMILES string of the molecule is CCCOc1c[nH]c(Cn2c(C)nc3sc(C(=O)OCC(C)C)c(C)c3c2=O)cc1=O. The lowest BCUT2D eigenvalue weighted by atomic mass is 10.2. The smallest absolute Gasteiger partial charge is 0.348 e. The van der Waals surface area contributed by atoms with Crippen molar-refractivity contribution in [1.29, 1.82) is 0 Å². The highest BCUT2D eigenvalue weighted by Crippen LogP contribution is 2.28. The van der Waals surface area contributed by atoms with Crippen LogP contribution in [-0.2, 0) is 11.3 Å². The Morgan fingerprint density at radius 3 is 2.68 bits per heavy atom. The standard InChI is InChI=1S/C22H27N3O5S/c1-6-7-29-17-9-23-15(8-16(17)26)10-25-14(5)24-20-18(21(25)27)13(4)19(31-20)22(28)30-11-12(2)3/h8-9,12H,6-7,10-11H2,1-5H3,(H,23,26). The van der Waals surface area contributed by atoms with Crippen molar-refractivity contribution in [1.82, 2.24) is 14.5 Å². The molecule has 0 aromatic carbocycles. The molecule has 0 fully saturated rings. The van der Waals surface area contributed by atoms with Crippen LogP contribution in [0.2, 0.25) is 0 Å². The van der Waals surface area contributed by atoms with Crippen LogP contribution in [0, 0.1) is 19.8 Å². The van der Waals surface area contributed by atoms with Gasteiger partial charge in [-0.2, -0.15) is 0 Å². The molecule has 0 aliphatic carbocycles. The largest absolute Gasteiger partial charge is 0.488 e. The number of aromatic nitrogens is 3. The third-order valence-corrected chi connectivity index (χ3v) is 5.87. The zero-order chi connectivity index (χ0) is 22.7. The van der Waals surface area contributed by atoms with E-state index in [1.54, 1.807) is 13.8 Å². The zero-order valence-corrected chi connectivity index (χ0v) is 19.2. The van der Waals surface area contributed by atoms with Gasteiger partial charge in [-0.05, 0) is 31.7 Å². The highest BCUT2D eigenvalue weighted by Gasteiger charge is 2.22. The van der Waals surface area contributed by atoms with E-state index in [2.05, 4.69) is 9.97 Å². The van der Waals surface area contributed by atoms with E-state index in [1.807, 2.05) is 20.8 Å². The van der Waals surface area contributed by atoms with Gasteiger partial charge in [0.15, 0.2) is 5.75 Å². The predicted molar refractivity (Wildman–Crippen MR) is 120 cm³/mol. The van der Waals surface area contributed by atoms with E-state index < -0.39 is 5.97 Å². The monoisotopic (exact) mass is 445 g/mol. The number of hydrogen-bond donors (Lipinski definition) is 1. The molecule has 0 bridgehead atoms. The molecule has 8 nitrogen and oxygen atoms in total. The number of H-pyrrole nitrogens is 1. The third kappa shape index (κ3) is 4.87. The quantitative estimate of drug-likeness (QED) is 0.533. The van der Waals surface area contributed by atoms with Crippen LogP contribution in [0.3, 0.4) is 0 Å². The molecule has 3 rings (SSSR count). The van der Waals surface area contributed by atoms with Crippen LogP contribution < -0.4 is 15.7 Å². The van der Waals surface area contributed by atoms with Crippen molar-refractivity contribution in [2.75, 3.05) is 13.2 Å². The average Bonchev–Trinajstić information content (AvgIpc) is 3.04. The normalized spacial score (nSPS) is 11.3. The summed E-state index contributed by atoms with van der Waals surface area (Å²) < 4.78 is 12.2. The molecular formula is C22H27N3O5S. The van der Waals surface area contributed by atoms with Crippen molar-refractivity contribution in [3.8, 4) is 5.75 Å². The number of carbonyl (C=O) groups is 1. The molecule has 9 heteroatoms. The van der Waals surface area contributed by atoms with E-state index in [4.69, 9.17) is 9.47 Å². The van der Waals surface area contributed by atoms with E-state index in [1.165, 1.54) is 28.2 Å². The van der Waals surface area contributed by atoms with Crippen LogP contribution in [0.4, 0.5) is 0 Å². The molecule has 0 aliphatic heterocycles. The summed E-state index contributed by atoms with van der Waals surface area (Å²) in [6.45, 7) is 10.3. The fourth-order valence-corrected chi connectivity index (χ4v) is 4.20. The molecule has 0 spiro atoms. The minimum atomic E-state index is -0.440. The Balaban J connectivity index is 1.96. The maximum Gasteiger partial charge on any atom is 0.348 e. The molecule has 3 heterocycles. The van der Waals surface area contributed by atoms with E-state index >= 15 is 0 Å². The first kappa shape index (κ1) is 22.7. The summed E-state index contributed by atoms with van der Waals surface area (Å²) in [5.74, 6) is 0.524. The topological polar surface area (TPSA) is 103 Å². The lowest BCUT2D eigenvalue weighted by molar-refractivity contribution is 0.0464. The first-order valence-corrected chi connectivity index (χ1v) is 11.1. The van der Waals surface area contributed by atoms with E-state index in [0.717, 1.165) is 6.42 Å². The van der Waals surface area contributed by atoms with E-state index in [-0.39, 0.29) is 29.2 Å². The molecule has 3 aromatic heterocycles. The van der Waals surface area contributed by atoms with Gasteiger partial charge in [-0.25, -0.2) is 9.78 Å². The number of esters is 1. The first-order valence-electron chi connectivity index (χ1n) is 10.2. The van der Waals surface area contributed by atoms with Crippen molar-refractivity contribution in [2.45, 2.75) is 47.6 Å². The predicted octanol–water partition coefficient (Wildman–Crippen LogP) is 3.41. The minimum Gasteiger partial charge on any atom is -0.488 e. The summed E-state index contributed by atoms with van der Waals surface area (Å²) in [4.78, 5) is 46.4. The summed E-state index contributed by atoms with van der Waals surface area (Å²) in [5, 5.41) is 0.400. The Labute approximate surface area is 183 Å². The van der Waals surface area contributed by atoms with Crippen molar-refractivity contribution < 1.29 is 14.3 Å². The summed E-state index contributed by atoms with van der Waals surface area (Å²) in [5.41, 5.74) is 0.622. The fourth-order valence-electron chi connectivity index (χ4n) is 3.09. The van der Waals surface area contributed by atoms with Gasteiger partial charge in [-0.15, -0.1) is 11.3 Å². The number of pyridine rings is 1.